The van der Waals surface area contributed by atoms with Crippen LogP contribution in [0.15, 0.2) is 29.5 Å². The maximum atomic E-state index is 13.9. The highest BCUT2D eigenvalue weighted by Gasteiger charge is 2.35. The van der Waals surface area contributed by atoms with Crippen LogP contribution in [0.4, 0.5) is 15.8 Å². The maximum absolute atomic E-state index is 13.9. The summed E-state index contributed by atoms with van der Waals surface area (Å²) in [6, 6.07) is 4.26. The van der Waals surface area contributed by atoms with Crippen LogP contribution >= 0.6 is 0 Å². The van der Waals surface area contributed by atoms with E-state index in [-0.39, 0.29) is 31.0 Å². The van der Waals surface area contributed by atoms with Crippen molar-refractivity contribution in [3.63, 3.8) is 0 Å². The number of halogens is 1. The number of β-amino-alcohol motifs (C(OH)–C–C–N with tert-alkyl or cyclic N) is 1. The van der Waals surface area contributed by atoms with E-state index in [0.717, 1.165) is 0 Å². The van der Waals surface area contributed by atoms with Gasteiger partial charge in [-0.05, 0) is 18.2 Å². The van der Waals surface area contributed by atoms with Gasteiger partial charge < -0.3 is 29.7 Å². The first-order valence-electron chi connectivity index (χ1n) is 8.66. The summed E-state index contributed by atoms with van der Waals surface area (Å²) in [5, 5.41) is 12.1. The number of rotatable bonds is 6. The molecular formula is C18H22FN3O5. The Morgan fingerprint density at radius 2 is 2.11 bits per heavy atom. The number of morpholine rings is 1. The summed E-state index contributed by atoms with van der Waals surface area (Å²) in [4.78, 5) is 28.1. The summed E-state index contributed by atoms with van der Waals surface area (Å²) in [6.07, 6.45) is 0. The van der Waals surface area contributed by atoms with E-state index in [1.807, 2.05) is 4.90 Å². The molecule has 0 unspecified atom stereocenters. The van der Waals surface area contributed by atoms with Crippen molar-refractivity contribution in [1.82, 2.24) is 4.90 Å². The van der Waals surface area contributed by atoms with Crippen molar-refractivity contribution in [2.24, 2.45) is 0 Å². The number of esters is 1. The van der Waals surface area contributed by atoms with Crippen molar-refractivity contribution in [3.05, 3.63) is 35.3 Å². The highest BCUT2D eigenvalue weighted by molar-refractivity contribution is 6.09. The van der Waals surface area contributed by atoms with E-state index in [4.69, 9.17) is 14.6 Å². The molecule has 2 aliphatic heterocycles. The number of methoxy groups -OCH3 is 1. The van der Waals surface area contributed by atoms with E-state index >= 15 is 0 Å². The van der Waals surface area contributed by atoms with Gasteiger partial charge in [0.05, 0.1) is 50.4 Å². The van der Waals surface area contributed by atoms with Gasteiger partial charge in [0.25, 0.3) is 5.91 Å². The topological polar surface area (TPSA) is 91.3 Å². The molecule has 146 valence electrons. The minimum atomic E-state index is -0.643. The number of hydrogen-bond acceptors (Lipinski definition) is 7. The Hall–Kier alpha value is -2.65. The predicted molar refractivity (Wildman–Crippen MR) is 95.8 cm³/mol. The fourth-order valence-corrected chi connectivity index (χ4v) is 3.17. The number of hydrogen-bond donors (Lipinski definition) is 2. The lowest BCUT2D eigenvalue weighted by Crippen LogP contribution is -2.36. The summed E-state index contributed by atoms with van der Waals surface area (Å²) in [6.45, 7) is 2.25. The van der Waals surface area contributed by atoms with Crippen LogP contribution in [-0.4, -0.2) is 75.0 Å². The molecular weight excluding hydrogens is 357 g/mol. The average molecular weight is 379 g/mol. The molecule has 3 rings (SSSR count). The van der Waals surface area contributed by atoms with Gasteiger partial charge in [-0.3, -0.25) is 4.79 Å². The van der Waals surface area contributed by atoms with Gasteiger partial charge in [-0.1, -0.05) is 0 Å². The molecule has 0 aromatic heterocycles. The molecule has 27 heavy (non-hydrogen) atoms. The Kier molecular flexibility index (Phi) is 5.92. The first-order valence-corrected chi connectivity index (χ1v) is 8.66. The van der Waals surface area contributed by atoms with Crippen LogP contribution in [-0.2, 0) is 19.1 Å². The second kappa shape index (κ2) is 8.36. The van der Waals surface area contributed by atoms with Crippen LogP contribution in [0.5, 0.6) is 0 Å². The van der Waals surface area contributed by atoms with Crippen LogP contribution in [0.1, 0.15) is 0 Å². The number of aliphatic hydroxyl groups excluding tert-OH is 1. The molecule has 2 heterocycles. The fourth-order valence-electron chi connectivity index (χ4n) is 3.17. The van der Waals surface area contributed by atoms with E-state index in [2.05, 4.69) is 5.32 Å². The summed E-state index contributed by atoms with van der Waals surface area (Å²) in [5.41, 5.74) is 1.28. The number of nitrogens with one attached hydrogen (secondary N) is 1. The molecule has 0 atom stereocenters. The number of carbonyl (C=O) groups excluding carboxylic acids is 2. The molecule has 9 heteroatoms. The third-order valence-electron chi connectivity index (χ3n) is 4.52. The number of carbonyl (C=O) groups is 2. The second-order valence-corrected chi connectivity index (χ2v) is 6.18. The van der Waals surface area contributed by atoms with Crippen molar-refractivity contribution in [3.8, 4) is 0 Å². The van der Waals surface area contributed by atoms with E-state index in [9.17, 15) is 14.0 Å². The number of benzene rings is 1. The maximum Gasteiger partial charge on any atom is 0.337 e. The quantitative estimate of drug-likeness (QED) is 0.689. The summed E-state index contributed by atoms with van der Waals surface area (Å²) >= 11 is 0. The van der Waals surface area contributed by atoms with Crippen LogP contribution in [0.3, 0.4) is 0 Å². The second-order valence-electron chi connectivity index (χ2n) is 6.18. The number of aliphatic hydroxyl groups is 1. The molecule has 2 aliphatic rings. The molecule has 1 saturated heterocycles. The molecule has 8 nitrogen and oxygen atoms in total. The monoisotopic (exact) mass is 379 g/mol. The van der Waals surface area contributed by atoms with Gasteiger partial charge in [-0.25, -0.2) is 9.18 Å². The smallest absolute Gasteiger partial charge is 0.337 e. The normalized spacial score (nSPS) is 17.5. The van der Waals surface area contributed by atoms with Crippen LogP contribution in [0.25, 0.3) is 0 Å². The lowest BCUT2D eigenvalue weighted by atomic mass is 10.2. The van der Waals surface area contributed by atoms with Crippen molar-refractivity contribution in [1.29, 1.82) is 0 Å². The van der Waals surface area contributed by atoms with Crippen LogP contribution in [0.2, 0.25) is 0 Å². The number of anilines is 2. The molecule has 2 N–H and O–H groups in total. The number of ether oxygens (including phenoxy) is 2. The van der Waals surface area contributed by atoms with Gasteiger partial charge >= 0.3 is 5.97 Å². The van der Waals surface area contributed by atoms with E-state index in [0.29, 0.717) is 37.7 Å². The van der Waals surface area contributed by atoms with Crippen molar-refractivity contribution in [2.45, 2.75) is 0 Å². The molecule has 1 amide bonds. The van der Waals surface area contributed by atoms with Gasteiger partial charge in [0.1, 0.15) is 11.5 Å². The van der Waals surface area contributed by atoms with Gasteiger partial charge in [-0.2, -0.15) is 0 Å². The fraction of sp³-hybridized carbons (Fsp3) is 0.444. The SMILES string of the molecule is COC(=O)C1=C(Nc2cc(F)ccc2N2CCOCC2)C(=O)N(CCO)C1. The first-order chi connectivity index (χ1) is 13.0. The van der Waals surface area contributed by atoms with Crippen LogP contribution < -0.4 is 10.2 Å². The van der Waals surface area contributed by atoms with E-state index < -0.39 is 17.7 Å². The minimum absolute atomic E-state index is 0.0244. The van der Waals surface area contributed by atoms with E-state index in [1.165, 1.54) is 24.1 Å². The first kappa shape index (κ1) is 19.1. The Morgan fingerprint density at radius 1 is 1.37 bits per heavy atom. The summed E-state index contributed by atoms with van der Waals surface area (Å²) in [5.74, 6) is -1.55. The lowest BCUT2D eigenvalue weighted by Gasteiger charge is -2.30. The number of nitrogens with zero attached hydrogens (tertiary/aromatic N) is 2. The van der Waals surface area contributed by atoms with Crippen molar-refractivity contribution < 1.29 is 28.6 Å². The third kappa shape index (κ3) is 4.04. The largest absolute Gasteiger partial charge is 0.466 e. The average Bonchev–Trinajstić information content (AvgIpc) is 2.98. The standard InChI is InChI=1S/C18H22FN3O5/c1-26-18(25)13-11-22(4-7-23)17(24)16(13)20-14-10-12(19)2-3-15(14)21-5-8-27-9-6-21/h2-3,10,20,23H,4-9,11H2,1H3. The molecule has 1 aromatic rings. The minimum Gasteiger partial charge on any atom is -0.466 e. The highest BCUT2D eigenvalue weighted by atomic mass is 19.1. The molecule has 0 saturated carbocycles. The van der Waals surface area contributed by atoms with Gasteiger partial charge in [0, 0.05) is 19.6 Å². The Bertz CT molecular complexity index is 761. The van der Waals surface area contributed by atoms with Gasteiger partial charge in [0.15, 0.2) is 0 Å². The molecule has 0 spiro atoms. The zero-order valence-electron chi connectivity index (χ0n) is 15.0. The molecule has 0 aliphatic carbocycles. The van der Waals surface area contributed by atoms with Gasteiger partial charge in [0.2, 0.25) is 0 Å². The highest BCUT2D eigenvalue weighted by Crippen LogP contribution is 2.31. The molecule has 1 fully saturated rings. The van der Waals surface area contributed by atoms with Crippen LogP contribution in [0, 0.1) is 5.82 Å². The molecule has 1 aromatic carbocycles. The summed E-state index contributed by atoms with van der Waals surface area (Å²) in [7, 11) is 1.23. The Morgan fingerprint density at radius 3 is 2.78 bits per heavy atom. The summed E-state index contributed by atoms with van der Waals surface area (Å²) < 4.78 is 24.0. The zero-order chi connectivity index (χ0) is 19.4. The lowest BCUT2D eigenvalue weighted by molar-refractivity contribution is -0.136. The Labute approximate surface area is 156 Å². The predicted octanol–water partition coefficient (Wildman–Crippen LogP) is 0.336. The van der Waals surface area contributed by atoms with Crippen molar-refractivity contribution >= 4 is 23.3 Å². The Balaban J connectivity index is 1.95. The number of amides is 1. The molecule has 0 radical (unpaired) electrons. The molecule has 0 bridgehead atoms. The zero-order valence-corrected chi connectivity index (χ0v) is 15.0. The third-order valence-corrected chi connectivity index (χ3v) is 4.52. The van der Waals surface area contributed by atoms with E-state index in [1.54, 1.807) is 6.07 Å². The van der Waals surface area contributed by atoms with Gasteiger partial charge in [-0.15, -0.1) is 0 Å². The van der Waals surface area contributed by atoms with Crippen molar-refractivity contribution in [2.75, 3.05) is 63.3 Å².